The van der Waals surface area contributed by atoms with Crippen molar-refractivity contribution in [2.24, 2.45) is 7.05 Å². The second-order valence-corrected chi connectivity index (χ2v) is 8.53. The van der Waals surface area contributed by atoms with Crippen LogP contribution in [0.15, 0.2) is 59.3 Å². The molecule has 2 aromatic heterocycles. The van der Waals surface area contributed by atoms with Crippen molar-refractivity contribution in [3.05, 3.63) is 76.4 Å². The molecule has 170 valence electrons. The molecule has 3 amide bonds. The van der Waals surface area contributed by atoms with Gasteiger partial charge in [-0.3, -0.25) is 4.79 Å². The Balaban J connectivity index is 1.75. The Hall–Kier alpha value is -2.90. The Morgan fingerprint density at radius 1 is 1.09 bits per heavy atom. The van der Waals surface area contributed by atoms with E-state index in [2.05, 4.69) is 5.32 Å². The Kier molecular flexibility index (Phi) is 7.88. The lowest BCUT2D eigenvalue weighted by molar-refractivity contribution is -0.133. The lowest BCUT2D eigenvalue weighted by Crippen LogP contribution is -2.47. The van der Waals surface area contributed by atoms with Crippen LogP contribution in [0.25, 0.3) is 0 Å². The van der Waals surface area contributed by atoms with Crippen molar-refractivity contribution < 1.29 is 14.0 Å². The molecule has 0 unspecified atom stereocenters. The summed E-state index contributed by atoms with van der Waals surface area (Å²) in [6.45, 7) is 4.32. The quantitative estimate of drug-likeness (QED) is 0.473. The summed E-state index contributed by atoms with van der Waals surface area (Å²) in [7, 11) is 1.93. The Bertz CT molecular complexity index is 1060. The molecule has 7 nitrogen and oxygen atoms in total. The van der Waals surface area contributed by atoms with Crippen molar-refractivity contribution in [1.29, 1.82) is 0 Å². The topological polar surface area (TPSA) is 70.7 Å². The fourth-order valence-corrected chi connectivity index (χ4v) is 3.48. The summed E-state index contributed by atoms with van der Waals surface area (Å²) in [4.78, 5) is 29.4. The summed E-state index contributed by atoms with van der Waals surface area (Å²) >= 11 is 12.0. The zero-order valence-electron chi connectivity index (χ0n) is 18.2. The molecule has 0 atom stereocenters. The molecule has 32 heavy (non-hydrogen) atoms. The van der Waals surface area contributed by atoms with Gasteiger partial charge in [-0.05, 0) is 56.3 Å². The van der Waals surface area contributed by atoms with Crippen molar-refractivity contribution in [2.75, 3.05) is 11.9 Å². The van der Waals surface area contributed by atoms with Crippen LogP contribution in [0.1, 0.15) is 25.3 Å². The van der Waals surface area contributed by atoms with Gasteiger partial charge in [-0.1, -0.05) is 23.2 Å². The minimum absolute atomic E-state index is 0.0873. The maximum Gasteiger partial charge on any atom is 0.322 e. The summed E-state index contributed by atoms with van der Waals surface area (Å²) in [5.74, 6) is 0.476. The molecule has 0 radical (unpaired) electrons. The predicted octanol–water partition coefficient (Wildman–Crippen LogP) is 5.40. The molecular formula is C23H26Cl2N4O3. The van der Waals surface area contributed by atoms with Gasteiger partial charge in [0, 0.05) is 30.7 Å². The number of urea groups is 1. The molecule has 1 aromatic carbocycles. The minimum atomic E-state index is -0.399. The van der Waals surface area contributed by atoms with Crippen molar-refractivity contribution in [1.82, 2.24) is 14.4 Å². The number of hydrogen-bond acceptors (Lipinski definition) is 3. The number of halogens is 2. The van der Waals surface area contributed by atoms with E-state index < -0.39 is 6.03 Å². The van der Waals surface area contributed by atoms with Crippen LogP contribution < -0.4 is 5.32 Å². The van der Waals surface area contributed by atoms with E-state index in [9.17, 15) is 9.59 Å². The van der Waals surface area contributed by atoms with E-state index in [1.807, 2.05) is 49.9 Å². The number of aromatic nitrogens is 1. The number of aryl methyl sites for hydroxylation is 1. The van der Waals surface area contributed by atoms with Gasteiger partial charge in [0.25, 0.3) is 0 Å². The van der Waals surface area contributed by atoms with E-state index in [0.717, 1.165) is 5.69 Å². The number of amides is 3. The maximum absolute atomic E-state index is 13.3. The van der Waals surface area contributed by atoms with Crippen LogP contribution in [0, 0.1) is 0 Å². The summed E-state index contributed by atoms with van der Waals surface area (Å²) in [6.07, 6.45) is 3.50. The van der Waals surface area contributed by atoms with E-state index >= 15 is 0 Å². The normalized spacial score (nSPS) is 10.9. The molecule has 0 fully saturated rings. The van der Waals surface area contributed by atoms with Crippen molar-refractivity contribution in [2.45, 2.75) is 33.0 Å². The molecule has 0 aliphatic rings. The molecule has 1 N–H and O–H groups in total. The fraction of sp³-hybridized carbons (Fsp3) is 0.304. The Labute approximate surface area is 197 Å². The molecule has 3 aromatic rings. The van der Waals surface area contributed by atoms with Crippen molar-refractivity contribution >= 4 is 40.8 Å². The zero-order valence-corrected chi connectivity index (χ0v) is 19.7. The highest BCUT2D eigenvalue weighted by Crippen LogP contribution is 2.25. The van der Waals surface area contributed by atoms with Gasteiger partial charge >= 0.3 is 6.03 Å². The average Bonchev–Trinajstić information content (AvgIpc) is 3.40. The third kappa shape index (κ3) is 6.08. The van der Waals surface area contributed by atoms with E-state index in [-0.39, 0.29) is 18.5 Å². The Morgan fingerprint density at radius 3 is 2.47 bits per heavy atom. The third-order valence-electron chi connectivity index (χ3n) is 5.04. The lowest BCUT2D eigenvalue weighted by atomic mass is 10.2. The molecule has 0 bridgehead atoms. The third-order valence-corrected chi connectivity index (χ3v) is 5.78. The van der Waals surface area contributed by atoms with Crippen molar-refractivity contribution in [3.63, 3.8) is 0 Å². The number of anilines is 1. The van der Waals surface area contributed by atoms with Gasteiger partial charge in [0.05, 0.1) is 29.4 Å². The molecule has 2 heterocycles. The molecule has 0 aliphatic heterocycles. The first-order valence-electron chi connectivity index (χ1n) is 10.2. The summed E-state index contributed by atoms with van der Waals surface area (Å²) in [5.41, 5.74) is 1.47. The van der Waals surface area contributed by atoms with E-state index in [0.29, 0.717) is 34.6 Å². The highest BCUT2D eigenvalue weighted by Gasteiger charge is 2.25. The van der Waals surface area contributed by atoms with Crippen LogP contribution in [0.2, 0.25) is 10.0 Å². The van der Waals surface area contributed by atoms with Crippen LogP contribution in [-0.4, -0.2) is 38.9 Å². The smallest absolute Gasteiger partial charge is 0.322 e. The van der Waals surface area contributed by atoms with Gasteiger partial charge in [0.2, 0.25) is 5.91 Å². The average molecular weight is 477 g/mol. The first kappa shape index (κ1) is 23.8. The van der Waals surface area contributed by atoms with Crippen LogP contribution >= 0.6 is 23.2 Å². The standard InChI is InChI=1S/C23H26Cl2N4O3/c1-16(2)29(23(31)26-17-8-9-20(24)21(25)12-17)15-22(30)28(14-19-7-5-11-32-19)13-18-6-4-10-27(18)3/h4-12,16H,13-15H2,1-3H3,(H,26,31). The summed E-state index contributed by atoms with van der Waals surface area (Å²) < 4.78 is 7.40. The number of furan rings is 1. The second-order valence-electron chi connectivity index (χ2n) is 7.72. The molecular weight excluding hydrogens is 451 g/mol. The van der Waals surface area contributed by atoms with Gasteiger partial charge in [-0.15, -0.1) is 0 Å². The monoisotopic (exact) mass is 476 g/mol. The number of nitrogens with zero attached hydrogens (tertiary/aromatic N) is 3. The maximum atomic E-state index is 13.3. The van der Waals surface area contributed by atoms with E-state index in [1.54, 1.807) is 35.4 Å². The number of hydrogen-bond donors (Lipinski definition) is 1. The SMILES string of the molecule is CC(C)N(CC(=O)N(Cc1ccco1)Cc1cccn1C)C(=O)Nc1ccc(Cl)c(Cl)c1. The number of nitrogens with one attached hydrogen (secondary N) is 1. The van der Waals surface area contributed by atoms with E-state index in [4.69, 9.17) is 27.6 Å². The zero-order chi connectivity index (χ0) is 23.3. The van der Waals surface area contributed by atoms with Gasteiger partial charge < -0.3 is 24.1 Å². The van der Waals surface area contributed by atoms with E-state index in [1.165, 1.54) is 4.90 Å². The molecule has 0 spiro atoms. The van der Waals surface area contributed by atoms with Crippen LogP contribution in [0.3, 0.4) is 0 Å². The lowest BCUT2D eigenvalue weighted by Gasteiger charge is -2.30. The minimum Gasteiger partial charge on any atom is -0.467 e. The highest BCUT2D eigenvalue weighted by molar-refractivity contribution is 6.42. The van der Waals surface area contributed by atoms with Gasteiger partial charge in [0.1, 0.15) is 12.3 Å². The largest absolute Gasteiger partial charge is 0.467 e. The summed E-state index contributed by atoms with van der Waals surface area (Å²) in [5, 5.41) is 3.52. The molecule has 0 saturated heterocycles. The number of carbonyl (C=O) groups is 2. The number of benzene rings is 1. The number of carbonyl (C=O) groups excluding carboxylic acids is 2. The first-order chi connectivity index (χ1) is 15.2. The molecule has 3 rings (SSSR count). The summed E-state index contributed by atoms with van der Waals surface area (Å²) in [6, 6.07) is 11.7. The van der Waals surface area contributed by atoms with Crippen LogP contribution in [0.5, 0.6) is 0 Å². The van der Waals surface area contributed by atoms with Crippen LogP contribution in [-0.2, 0) is 24.9 Å². The van der Waals surface area contributed by atoms with Crippen molar-refractivity contribution in [3.8, 4) is 0 Å². The predicted molar refractivity (Wildman–Crippen MR) is 126 cm³/mol. The second kappa shape index (κ2) is 10.6. The van der Waals surface area contributed by atoms with Crippen LogP contribution in [0.4, 0.5) is 10.5 Å². The molecule has 0 saturated carbocycles. The first-order valence-corrected chi connectivity index (χ1v) is 10.9. The molecule has 0 aliphatic carbocycles. The Morgan fingerprint density at radius 2 is 1.88 bits per heavy atom. The van der Waals surface area contributed by atoms with Gasteiger partial charge in [-0.25, -0.2) is 4.79 Å². The fourth-order valence-electron chi connectivity index (χ4n) is 3.18. The number of rotatable bonds is 8. The molecule has 9 heteroatoms. The highest BCUT2D eigenvalue weighted by atomic mass is 35.5. The van der Waals surface area contributed by atoms with Gasteiger partial charge in [0.15, 0.2) is 0 Å². The van der Waals surface area contributed by atoms with Gasteiger partial charge in [-0.2, -0.15) is 0 Å².